The second-order valence-electron chi connectivity index (χ2n) is 5.40. The Labute approximate surface area is 111 Å². The molecule has 0 aromatic heterocycles. The molecule has 1 fully saturated rings. The van der Waals surface area contributed by atoms with Crippen LogP contribution in [0.3, 0.4) is 0 Å². The molecule has 6 heteroatoms. The molecule has 1 atom stereocenters. The van der Waals surface area contributed by atoms with Crippen LogP contribution in [0.5, 0.6) is 0 Å². The van der Waals surface area contributed by atoms with Gasteiger partial charge in [-0.3, -0.25) is 0 Å². The van der Waals surface area contributed by atoms with Gasteiger partial charge in [0.05, 0.1) is 5.75 Å². The Balaban J connectivity index is 2.26. The van der Waals surface area contributed by atoms with E-state index in [-0.39, 0.29) is 11.8 Å². The molecule has 0 aromatic rings. The van der Waals surface area contributed by atoms with Gasteiger partial charge in [0.25, 0.3) is 0 Å². The van der Waals surface area contributed by atoms with E-state index in [9.17, 15) is 8.42 Å². The zero-order chi connectivity index (χ0) is 13.6. The van der Waals surface area contributed by atoms with Crippen molar-refractivity contribution in [1.29, 1.82) is 0 Å². The van der Waals surface area contributed by atoms with Crippen molar-refractivity contribution in [2.45, 2.75) is 45.2 Å². The first-order valence-electron chi connectivity index (χ1n) is 6.81. The van der Waals surface area contributed by atoms with Crippen molar-refractivity contribution >= 4 is 10.0 Å². The zero-order valence-electron chi connectivity index (χ0n) is 11.8. The Morgan fingerprint density at radius 2 is 2.11 bits per heavy atom. The Hall–Kier alpha value is -0.170. The number of sulfonamides is 1. The van der Waals surface area contributed by atoms with E-state index >= 15 is 0 Å². The number of nitrogens with zero attached hydrogens (tertiary/aromatic N) is 1. The summed E-state index contributed by atoms with van der Waals surface area (Å²) < 4.78 is 26.4. The number of piperidine rings is 1. The smallest absolute Gasteiger partial charge is 0.213 e. The molecule has 1 unspecified atom stereocenters. The highest BCUT2D eigenvalue weighted by molar-refractivity contribution is 7.89. The van der Waals surface area contributed by atoms with Crippen molar-refractivity contribution in [3.63, 3.8) is 0 Å². The summed E-state index contributed by atoms with van der Waals surface area (Å²) in [6.07, 6.45) is 3.25. The van der Waals surface area contributed by atoms with E-state index in [2.05, 4.69) is 28.8 Å². The van der Waals surface area contributed by atoms with Crippen molar-refractivity contribution in [3.8, 4) is 0 Å². The van der Waals surface area contributed by atoms with Crippen LogP contribution in [0.15, 0.2) is 0 Å². The molecule has 0 saturated carbocycles. The molecule has 1 rings (SSSR count). The molecule has 1 aliphatic heterocycles. The molecule has 0 spiro atoms. The van der Waals surface area contributed by atoms with Crippen LogP contribution in [0.4, 0.5) is 0 Å². The quantitative estimate of drug-likeness (QED) is 0.707. The summed E-state index contributed by atoms with van der Waals surface area (Å²) in [6, 6.07) is 0.564. The maximum absolute atomic E-state index is 11.9. The van der Waals surface area contributed by atoms with Crippen LogP contribution in [-0.4, -0.2) is 57.8 Å². The normalized spacial score (nSPS) is 21.7. The van der Waals surface area contributed by atoms with Gasteiger partial charge in [0, 0.05) is 25.2 Å². The highest BCUT2D eigenvalue weighted by atomic mass is 32.2. The number of likely N-dealkylation sites (N-methyl/N-ethyl adjacent to an activating group) is 1. The van der Waals surface area contributed by atoms with Crippen LogP contribution in [0, 0.1) is 0 Å². The third kappa shape index (κ3) is 6.13. The fraction of sp³-hybridized carbons (Fsp3) is 1.00. The van der Waals surface area contributed by atoms with Crippen LogP contribution in [0.2, 0.25) is 0 Å². The van der Waals surface area contributed by atoms with Crippen molar-refractivity contribution in [3.05, 3.63) is 0 Å². The standard InChI is InChI=1S/C12H27N3O2S/c1-11(2)15(3)9-8-14-18(16,17)10-12-6-4-5-7-13-12/h11-14H,4-10H2,1-3H3. The van der Waals surface area contributed by atoms with E-state index in [4.69, 9.17) is 0 Å². The zero-order valence-corrected chi connectivity index (χ0v) is 12.6. The lowest BCUT2D eigenvalue weighted by atomic mass is 10.1. The number of nitrogens with one attached hydrogen (secondary N) is 2. The third-order valence-electron chi connectivity index (χ3n) is 3.50. The maximum Gasteiger partial charge on any atom is 0.213 e. The third-order valence-corrected chi connectivity index (χ3v) is 4.99. The average Bonchev–Trinajstić information content (AvgIpc) is 2.29. The van der Waals surface area contributed by atoms with Gasteiger partial charge in [-0.15, -0.1) is 0 Å². The lowest BCUT2D eigenvalue weighted by Gasteiger charge is -2.24. The van der Waals surface area contributed by atoms with Gasteiger partial charge in [-0.2, -0.15) is 0 Å². The van der Waals surface area contributed by atoms with Crippen molar-refractivity contribution in [2.24, 2.45) is 0 Å². The Morgan fingerprint density at radius 1 is 1.39 bits per heavy atom. The van der Waals surface area contributed by atoms with Gasteiger partial charge >= 0.3 is 0 Å². The lowest BCUT2D eigenvalue weighted by Crippen LogP contribution is -2.44. The first kappa shape index (κ1) is 15.9. The summed E-state index contributed by atoms with van der Waals surface area (Å²) in [5, 5.41) is 3.26. The molecule has 1 aliphatic rings. The van der Waals surface area contributed by atoms with Crippen molar-refractivity contribution < 1.29 is 8.42 Å². The molecule has 0 bridgehead atoms. The van der Waals surface area contributed by atoms with Gasteiger partial charge < -0.3 is 10.2 Å². The summed E-state index contributed by atoms with van der Waals surface area (Å²) in [7, 11) is -1.14. The molecule has 0 amide bonds. The second-order valence-corrected chi connectivity index (χ2v) is 7.25. The topological polar surface area (TPSA) is 61.4 Å². The SMILES string of the molecule is CC(C)N(C)CCNS(=O)(=O)CC1CCCCN1. The van der Waals surface area contributed by atoms with Crippen LogP contribution in [0.25, 0.3) is 0 Å². The van der Waals surface area contributed by atoms with Gasteiger partial charge in [0.2, 0.25) is 10.0 Å². The first-order valence-corrected chi connectivity index (χ1v) is 8.47. The summed E-state index contributed by atoms with van der Waals surface area (Å²) in [4.78, 5) is 2.13. The molecule has 108 valence electrons. The summed E-state index contributed by atoms with van der Waals surface area (Å²) >= 11 is 0. The molecular weight excluding hydrogens is 250 g/mol. The van der Waals surface area contributed by atoms with Crippen LogP contribution in [0.1, 0.15) is 33.1 Å². The minimum atomic E-state index is -3.14. The molecule has 1 heterocycles. The lowest BCUT2D eigenvalue weighted by molar-refractivity contribution is 0.278. The Bertz CT molecular complexity index is 324. The van der Waals surface area contributed by atoms with E-state index in [1.54, 1.807) is 0 Å². The molecule has 0 radical (unpaired) electrons. The van der Waals surface area contributed by atoms with Gasteiger partial charge in [-0.05, 0) is 40.3 Å². The van der Waals surface area contributed by atoms with Crippen LogP contribution in [-0.2, 0) is 10.0 Å². The van der Waals surface area contributed by atoms with E-state index in [1.807, 2.05) is 7.05 Å². The van der Waals surface area contributed by atoms with Gasteiger partial charge in [0.15, 0.2) is 0 Å². The van der Waals surface area contributed by atoms with E-state index in [1.165, 1.54) is 0 Å². The summed E-state index contributed by atoms with van der Waals surface area (Å²) in [5.41, 5.74) is 0. The fourth-order valence-electron chi connectivity index (χ4n) is 2.03. The van der Waals surface area contributed by atoms with E-state index < -0.39 is 10.0 Å². The monoisotopic (exact) mass is 277 g/mol. The van der Waals surface area contributed by atoms with E-state index in [0.29, 0.717) is 12.6 Å². The predicted octanol–water partition coefficient (Wildman–Crippen LogP) is 0.388. The summed E-state index contributed by atoms with van der Waals surface area (Å²) in [6.45, 7) is 6.37. The first-order chi connectivity index (χ1) is 8.41. The molecule has 2 N–H and O–H groups in total. The maximum atomic E-state index is 11.9. The Morgan fingerprint density at radius 3 is 2.67 bits per heavy atom. The summed E-state index contributed by atoms with van der Waals surface area (Å²) in [5.74, 6) is 0.207. The molecule has 18 heavy (non-hydrogen) atoms. The van der Waals surface area contributed by atoms with Crippen LogP contribution < -0.4 is 10.0 Å². The van der Waals surface area contributed by atoms with Crippen molar-refractivity contribution in [2.75, 3.05) is 32.4 Å². The van der Waals surface area contributed by atoms with Gasteiger partial charge in [0.1, 0.15) is 0 Å². The van der Waals surface area contributed by atoms with Gasteiger partial charge in [-0.1, -0.05) is 6.42 Å². The minimum Gasteiger partial charge on any atom is -0.313 e. The molecule has 1 saturated heterocycles. The number of hydrogen-bond donors (Lipinski definition) is 2. The predicted molar refractivity (Wildman–Crippen MR) is 75.2 cm³/mol. The molecule has 0 aliphatic carbocycles. The largest absolute Gasteiger partial charge is 0.313 e. The molecular formula is C12H27N3O2S. The van der Waals surface area contributed by atoms with Gasteiger partial charge in [-0.25, -0.2) is 13.1 Å². The van der Waals surface area contributed by atoms with Crippen molar-refractivity contribution in [1.82, 2.24) is 14.9 Å². The number of hydrogen-bond acceptors (Lipinski definition) is 4. The highest BCUT2D eigenvalue weighted by Gasteiger charge is 2.20. The van der Waals surface area contributed by atoms with E-state index in [0.717, 1.165) is 32.4 Å². The second kappa shape index (κ2) is 7.43. The Kier molecular flexibility index (Phi) is 6.55. The number of rotatable bonds is 7. The molecule has 0 aromatic carbocycles. The molecule has 5 nitrogen and oxygen atoms in total. The fourth-order valence-corrected chi connectivity index (χ4v) is 3.36. The highest BCUT2D eigenvalue weighted by Crippen LogP contribution is 2.08. The average molecular weight is 277 g/mol. The van der Waals surface area contributed by atoms with Crippen LogP contribution >= 0.6 is 0 Å². The minimum absolute atomic E-state index is 0.124.